The van der Waals surface area contributed by atoms with E-state index in [-0.39, 0.29) is 0 Å². The van der Waals surface area contributed by atoms with Crippen molar-refractivity contribution in [3.63, 3.8) is 0 Å². The third kappa shape index (κ3) is 2.21. The van der Waals surface area contributed by atoms with Crippen LogP contribution in [0.25, 0.3) is 0 Å². The molecule has 2 rings (SSSR count). The Morgan fingerprint density at radius 1 is 1.53 bits per heavy atom. The van der Waals surface area contributed by atoms with E-state index in [1.54, 1.807) is 6.20 Å². The maximum Gasteiger partial charge on any atom is 0.142 e. The minimum atomic E-state index is 0.585. The van der Waals surface area contributed by atoms with Crippen molar-refractivity contribution < 1.29 is 0 Å². The number of nitrogens with zero attached hydrogens (tertiary/aromatic N) is 3. The Morgan fingerprint density at radius 2 is 2.40 bits per heavy atom. The fourth-order valence-corrected chi connectivity index (χ4v) is 1.82. The molecule has 0 saturated carbocycles. The SMILES string of the molecule is Cc1c(N)nsc1NCc1cccnn1. The van der Waals surface area contributed by atoms with Crippen LogP contribution in [0.5, 0.6) is 0 Å². The van der Waals surface area contributed by atoms with E-state index in [1.165, 1.54) is 11.5 Å². The Kier molecular flexibility index (Phi) is 2.77. The maximum atomic E-state index is 5.64. The number of hydrogen-bond acceptors (Lipinski definition) is 6. The molecule has 2 heterocycles. The minimum Gasteiger partial charge on any atom is -0.383 e. The van der Waals surface area contributed by atoms with E-state index in [4.69, 9.17) is 5.73 Å². The molecule has 0 spiro atoms. The molecule has 0 fully saturated rings. The van der Waals surface area contributed by atoms with Crippen LogP contribution >= 0.6 is 11.5 Å². The van der Waals surface area contributed by atoms with Crippen LogP contribution < -0.4 is 11.1 Å². The zero-order chi connectivity index (χ0) is 10.7. The minimum absolute atomic E-state index is 0.585. The van der Waals surface area contributed by atoms with E-state index in [1.807, 2.05) is 19.1 Å². The molecule has 0 aliphatic heterocycles. The number of nitrogen functional groups attached to an aromatic ring is 1. The van der Waals surface area contributed by atoms with Crippen molar-refractivity contribution in [3.05, 3.63) is 29.6 Å². The number of aromatic nitrogens is 3. The summed E-state index contributed by atoms with van der Waals surface area (Å²) in [6, 6.07) is 3.78. The van der Waals surface area contributed by atoms with E-state index in [9.17, 15) is 0 Å². The summed E-state index contributed by atoms with van der Waals surface area (Å²) in [5, 5.41) is 12.0. The van der Waals surface area contributed by atoms with Gasteiger partial charge in [0.2, 0.25) is 0 Å². The van der Waals surface area contributed by atoms with Crippen LogP contribution in [-0.4, -0.2) is 14.6 Å². The molecule has 78 valence electrons. The third-order valence-electron chi connectivity index (χ3n) is 2.02. The van der Waals surface area contributed by atoms with Gasteiger partial charge in [0, 0.05) is 11.8 Å². The fraction of sp³-hybridized carbons (Fsp3) is 0.222. The number of anilines is 2. The first kappa shape index (κ1) is 9.85. The Hall–Kier alpha value is -1.69. The molecular weight excluding hydrogens is 210 g/mol. The largest absolute Gasteiger partial charge is 0.383 e. The molecule has 2 aromatic heterocycles. The topological polar surface area (TPSA) is 76.7 Å². The van der Waals surface area contributed by atoms with Gasteiger partial charge in [-0.1, -0.05) is 0 Å². The molecule has 0 aliphatic rings. The second kappa shape index (κ2) is 4.22. The van der Waals surface area contributed by atoms with Gasteiger partial charge in [-0.2, -0.15) is 14.6 Å². The molecule has 0 saturated heterocycles. The van der Waals surface area contributed by atoms with Gasteiger partial charge in [-0.15, -0.1) is 0 Å². The molecule has 15 heavy (non-hydrogen) atoms. The van der Waals surface area contributed by atoms with Gasteiger partial charge in [-0.05, 0) is 30.6 Å². The maximum absolute atomic E-state index is 5.64. The van der Waals surface area contributed by atoms with Gasteiger partial charge in [-0.3, -0.25) is 0 Å². The lowest BCUT2D eigenvalue weighted by molar-refractivity contribution is 0.926. The van der Waals surface area contributed by atoms with Crippen molar-refractivity contribution in [3.8, 4) is 0 Å². The molecule has 0 radical (unpaired) electrons. The lowest BCUT2D eigenvalue weighted by atomic mass is 10.3. The van der Waals surface area contributed by atoms with Crippen LogP contribution in [-0.2, 0) is 6.54 Å². The molecule has 0 atom stereocenters. The van der Waals surface area contributed by atoms with Crippen LogP contribution in [0.4, 0.5) is 10.8 Å². The highest BCUT2D eigenvalue weighted by Crippen LogP contribution is 2.25. The van der Waals surface area contributed by atoms with E-state index >= 15 is 0 Å². The summed E-state index contributed by atoms with van der Waals surface area (Å²) in [5.74, 6) is 0.585. The summed E-state index contributed by atoms with van der Waals surface area (Å²) in [5.41, 5.74) is 7.52. The molecule has 2 aromatic rings. The molecule has 0 amide bonds. The number of rotatable bonds is 3. The van der Waals surface area contributed by atoms with Crippen LogP contribution in [0, 0.1) is 6.92 Å². The fourth-order valence-electron chi connectivity index (χ4n) is 1.11. The van der Waals surface area contributed by atoms with Crippen molar-refractivity contribution in [2.45, 2.75) is 13.5 Å². The number of nitrogens with one attached hydrogen (secondary N) is 1. The standard InChI is InChI=1S/C9H11N5S/c1-6-8(10)14-15-9(6)11-5-7-3-2-4-12-13-7/h2-4,11H,5H2,1H3,(H2,10,14). The highest BCUT2D eigenvalue weighted by atomic mass is 32.1. The first-order valence-corrected chi connectivity index (χ1v) is 5.27. The molecule has 0 unspecified atom stereocenters. The van der Waals surface area contributed by atoms with Crippen molar-refractivity contribution in [1.29, 1.82) is 0 Å². The second-order valence-corrected chi connectivity index (χ2v) is 3.86. The molecule has 0 aliphatic carbocycles. The zero-order valence-corrected chi connectivity index (χ0v) is 9.08. The van der Waals surface area contributed by atoms with Crippen LogP contribution in [0.2, 0.25) is 0 Å². The van der Waals surface area contributed by atoms with Gasteiger partial charge in [0.05, 0.1) is 12.2 Å². The van der Waals surface area contributed by atoms with E-state index < -0.39 is 0 Å². The summed E-state index contributed by atoms with van der Waals surface area (Å²) in [7, 11) is 0. The first-order valence-electron chi connectivity index (χ1n) is 4.49. The predicted molar refractivity (Wildman–Crippen MR) is 60.6 cm³/mol. The second-order valence-electron chi connectivity index (χ2n) is 3.09. The molecule has 0 bridgehead atoms. The van der Waals surface area contributed by atoms with Gasteiger partial charge in [0.15, 0.2) is 0 Å². The van der Waals surface area contributed by atoms with Crippen molar-refractivity contribution >= 4 is 22.4 Å². The normalized spacial score (nSPS) is 10.2. The Morgan fingerprint density at radius 3 is 3.00 bits per heavy atom. The summed E-state index contributed by atoms with van der Waals surface area (Å²) in [6.07, 6.45) is 1.65. The van der Waals surface area contributed by atoms with Crippen molar-refractivity contribution in [1.82, 2.24) is 14.6 Å². The van der Waals surface area contributed by atoms with Crippen LogP contribution in [0.3, 0.4) is 0 Å². The lowest BCUT2D eigenvalue weighted by Crippen LogP contribution is -2.02. The van der Waals surface area contributed by atoms with Crippen LogP contribution in [0.1, 0.15) is 11.3 Å². The Balaban J connectivity index is 2.02. The molecule has 3 N–H and O–H groups in total. The number of nitrogens with two attached hydrogens (primary N) is 1. The Bertz CT molecular complexity index is 439. The van der Waals surface area contributed by atoms with E-state index in [2.05, 4.69) is 19.9 Å². The van der Waals surface area contributed by atoms with Gasteiger partial charge in [0.1, 0.15) is 10.8 Å². The van der Waals surface area contributed by atoms with Gasteiger partial charge < -0.3 is 11.1 Å². The highest BCUT2D eigenvalue weighted by molar-refractivity contribution is 7.10. The number of hydrogen-bond donors (Lipinski definition) is 2. The monoisotopic (exact) mass is 221 g/mol. The first-order chi connectivity index (χ1) is 7.27. The van der Waals surface area contributed by atoms with Crippen LogP contribution in [0.15, 0.2) is 18.3 Å². The lowest BCUT2D eigenvalue weighted by Gasteiger charge is -2.02. The molecule has 5 nitrogen and oxygen atoms in total. The summed E-state index contributed by atoms with van der Waals surface area (Å²) in [6.45, 7) is 2.58. The van der Waals surface area contributed by atoms with E-state index in [0.717, 1.165) is 16.3 Å². The smallest absolute Gasteiger partial charge is 0.142 e. The predicted octanol–water partition coefficient (Wildman–Crippen LogP) is 1.44. The quantitative estimate of drug-likeness (QED) is 0.820. The Labute approximate surface area is 91.5 Å². The van der Waals surface area contributed by atoms with Gasteiger partial charge >= 0.3 is 0 Å². The van der Waals surface area contributed by atoms with E-state index in [0.29, 0.717) is 12.4 Å². The summed E-state index contributed by atoms with van der Waals surface area (Å²) >= 11 is 1.36. The zero-order valence-electron chi connectivity index (χ0n) is 8.27. The van der Waals surface area contributed by atoms with Gasteiger partial charge in [-0.25, -0.2) is 0 Å². The highest BCUT2D eigenvalue weighted by Gasteiger charge is 2.05. The summed E-state index contributed by atoms with van der Waals surface area (Å²) < 4.78 is 4.05. The molecule has 0 aromatic carbocycles. The average molecular weight is 221 g/mol. The van der Waals surface area contributed by atoms with Crippen molar-refractivity contribution in [2.24, 2.45) is 0 Å². The molecule has 6 heteroatoms. The van der Waals surface area contributed by atoms with Crippen molar-refractivity contribution in [2.75, 3.05) is 11.1 Å². The summed E-state index contributed by atoms with van der Waals surface area (Å²) in [4.78, 5) is 0. The van der Waals surface area contributed by atoms with Gasteiger partial charge in [0.25, 0.3) is 0 Å². The third-order valence-corrected chi connectivity index (χ3v) is 2.94. The molecular formula is C9H11N5S. The average Bonchev–Trinajstić information content (AvgIpc) is 2.59.